The third kappa shape index (κ3) is 3.30. The summed E-state index contributed by atoms with van der Waals surface area (Å²) in [4.78, 5) is 0. The summed E-state index contributed by atoms with van der Waals surface area (Å²) < 4.78 is 0. The first-order valence-electron chi connectivity index (χ1n) is 7.34. The van der Waals surface area contributed by atoms with Crippen molar-refractivity contribution in [3.63, 3.8) is 0 Å². The fourth-order valence-electron chi connectivity index (χ4n) is 2.23. The van der Waals surface area contributed by atoms with E-state index in [0.717, 1.165) is 17.4 Å². The Morgan fingerprint density at radius 1 is 0.667 bits per heavy atom. The Morgan fingerprint density at radius 3 is 1.71 bits per heavy atom. The summed E-state index contributed by atoms with van der Waals surface area (Å²) in [6, 6.07) is 21.5. The summed E-state index contributed by atoms with van der Waals surface area (Å²) in [6.45, 7) is 0. The number of anilines is 2. The van der Waals surface area contributed by atoms with Crippen molar-refractivity contribution in [2.24, 2.45) is 5.10 Å². The molecular weight excluding hydrogens is 304 g/mol. The summed E-state index contributed by atoms with van der Waals surface area (Å²) in [5, 5.41) is 35.0. The number of para-hydroxylation sites is 2. The first kappa shape index (κ1) is 15.4. The maximum atomic E-state index is 9.89. The average molecular weight is 320 g/mol. The van der Waals surface area contributed by atoms with Crippen molar-refractivity contribution in [3.8, 4) is 17.2 Å². The predicted molar refractivity (Wildman–Crippen MR) is 94.1 cm³/mol. The lowest BCUT2D eigenvalue weighted by atomic mass is 10.2. The van der Waals surface area contributed by atoms with E-state index in [0.29, 0.717) is 5.56 Å². The van der Waals surface area contributed by atoms with Crippen LogP contribution in [0.4, 0.5) is 11.4 Å². The van der Waals surface area contributed by atoms with Crippen LogP contribution < -0.4 is 5.01 Å². The standard InChI is InChI=1S/C19H16N2O3/c22-17-12-19(24)18(23)11-14(17)13-20-21(15-7-3-1-4-8-15)16-9-5-2-6-10-16/h1-13,22-24H. The van der Waals surface area contributed by atoms with Gasteiger partial charge in [0.1, 0.15) is 5.75 Å². The highest BCUT2D eigenvalue weighted by Gasteiger charge is 2.09. The molecule has 3 rings (SSSR count). The number of aromatic hydroxyl groups is 3. The molecular formula is C19H16N2O3. The average Bonchev–Trinajstić information content (AvgIpc) is 2.61. The van der Waals surface area contributed by atoms with E-state index in [1.807, 2.05) is 60.7 Å². The molecule has 0 spiro atoms. The molecule has 0 unspecified atom stereocenters. The fraction of sp³-hybridized carbons (Fsp3) is 0. The number of phenolic OH excluding ortho intramolecular Hbond substituents is 3. The van der Waals surface area contributed by atoms with E-state index in [1.165, 1.54) is 12.3 Å². The van der Waals surface area contributed by atoms with Gasteiger partial charge in [0, 0.05) is 11.6 Å². The van der Waals surface area contributed by atoms with Crippen molar-refractivity contribution in [2.45, 2.75) is 0 Å². The molecule has 0 fully saturated rings. The van der Waals surface area contributed by atoms with Gasteiger partial charge in [0.15, 0.2) is 11.5 Å². The molecule has 0 bridgehead atoms. The summed E-state index contributed by atoms with van der Waals surface area (Å²) in [5.74, 6) is -0.872. The largest absolute Gasteiger partial charge is 0.507 e. The summed E-state index contributed by atoms with van der Waals surface area (Å²) in [6.07, 6.45) is 1.43. The van der Waals surface area contributed by atoms with Crippen LogP contribution >= 0.6 is 0 Å². The smallest absolute Gasteiger partial charge is 0.161 e. The normalized spacial score (nSPS) is 10.8. The molecule has 24 heavy (non-hydrogen) atoms. The maximum Gasteiger partial charge on any atom is 0.161 e. The Kier molecular flexibility index (Phi) is 4.34. The zero-order chi connectivity index (χ0) is 16.9. The second kappa shape index (κ2) is 6.75. The van der Waals surface area contributed by atoms with Gasteiger partial charge in [-0.2, -0.15) is 5.10 Å². The quantitative estimate of drug-likeness (QED) is 0.294. The van der Waals surface area contributed by atoms with Gasteiger partial charge in [0.05, 0.1) is 17.6 Å². The Balaban J connectivity index is 2.00. The molecule has 0 aliphatic rings. The zero-order valence-corrected chi connectivity index (χ0v) is 12.7. The molecule has 0 heterocycles. The molecule has 3 aromatic carbocycles. The third-order valence-corrected chi connectivity index (χ3v) is 3.44. The predicted octanol–water partition coefficient (Wildman–Crippen LogP) is 3.98. The molecule has 3 N–H and O–H groups in total. The van der Waals surface area contributed by atoms with Crippen LogP contribution in [-0.2, 0) is 0 Å². The van der Waals surface area contributed by atoms with Gasteiger partial charge in [0.25, 0.3) is 0 Å². The molecule has 0 atom stereocenters. The Labute approximate surface area is 139 Å². The topological polar surface area (TPSA) is 76.3 Å². The number of phenols is 3. The van der Waals surface area contributed by atoms with Gasteiger partial charge >= 0.3 is 0 Å². The molecule has 5 heteroatoms. The van der Waals surface area contributed by atoms with E-state index in [4.69, 9.17) is 0 Å². The summed E-state index contributed by atoms with van der Waals surface area (Å²) in [7, 11) is 0. The number of hydrogen-bond acceptors (Lipinski definition) is 5. The lowest BCUT2D eigenvalue weighted by molar-refractivity contribution is 0.396. The molecule has 0 aromatic heterocycles. The summed E-state index contributed by atoms with van der Waals surface area (Å²) >= 11 is 0. The lowest BCUT2D eigenvalue weighted by Gasteiger charge is -2.19. The zero-order valence-electron chi connectivity index (χ0n) is 12.7. The molecule has 0 radical (unpaired) electrons. The van der Waals surface area contributed by atoms with E-state index < -0.39 is 0 Å². The second-order valence-electron chi connectivity index (χ2n) is 5.13. The van der Waals surface area contributed by atoms with Gasteiger partial charge < -0.3 is 15.3 Å². The van der Waals surface area contributed by atoms with Crippen LogP contribution in [0.1, 0.15) is 5.56 Å². The monoisotopic (exact) mass is 320 g/mol. The van der Waals surface area contributed by atoms with Crippen molar-refractivity contribution < 1.29 is 15.3 Å². The number of hydrogen-bond donors (Lipinski definition) is 3. The van der Waals surface area contributed by atoms with Crippen molar-refractivity contribution in [1.82, 2.24) is 0 Å². The highest BCUT2D eigenvalue weighted by Crippen LogP contribution is 2.32. The highest BCUT2D eigenvalue weighted by molar-refractivity contribution is 5.86. The molecule has 3 aromatic rings. The van der Waals surface area contributed by atoms with E-state index in [9.17, 15) is 15.3 Å². The summed E-state index contributed by atoms with van der Waals surface area (Å²) in [5.41, 5.74) is 1.99. The van der Waals surface area contributed by atoms with Crippen LogP contribution in [0, 0.1) is 0 Å². The van der Waals surface area contributed by atoms with Crippen molar-refractivity contribution in [2.75, 3.05) is 5.01 Å². The third-order valence-electron chi connectivity index (χ3n) is 3.44. The van der Waals surface area contributed by atoms with Crippen LogP contribution in [0.5, 0.6) is 17.2 Å². The van der Waals surface area contributed by atoms with Gasteiger partial charge in [-0.1, -0.05) is 36.4 Å². The van der Waals surface area contributed by atoms with E-state index >= 15 is 0 Å². The van der Waals surface area contributed by atoms with Crippen LogP contribution in [0.2, 0.25) is 0 Å². The lowest BCUT2D eigenvalue weighted by Crippen LogP contribution is -2.09. The van der Waals surface area contributed by atoms with Gasteiger partial charge in [-0.05, 0) is 30.3 Å². The Hall–Kier alpha value is -3.47. The van der Waals surface area contributed by atoms with Crippen LogP contribution in [-0.4, -0.2) is 21.5 Å². The van der Waals surface area contributed by atoms with Gasteiger partial charge in [-0.3, -0.25) is 0 Å². The first-order chi connectivity index (χ1) is 11.6. The number of rotatable bonds is 4. The molecule has 0 aliphatic carbocycles. The molecule has 0 saturated carbocycles. The maximum absolute atomic E-state index is 9.89. The second-order valence-corrected chi connectivity index (χ2v) is 5.13. The van der Waals surface area contributed by atoms with Crippen molar-refractivity contribution in [3.05, 3.63) is 78.4 Å². The molecule has 0 saturated heterocycles. The number of benzene rings is 3. The molecule has 0 amide bonds. The molecule has 120 valence electrons. The van der Waals surface area contributed by atoms with E-state index in [2.05, 4.69) is 5.10 Å². The SMILES string of the molecule is Oc1cc(O)c(C=NN(c2ccccc2)c2ccccc2)cc1O. The number of nitrogens with zero attached hydrogens (tertiary/aromatic N) is 2. The first-order valence-corrected chi connectivity index (χ1v) is 7.34. The highest BCUT2D eigenvalue weighted by atomic mass is 16.3. The number of hydrazone groups is 1. The fourth-order valence-corrected chi connectivity index (χ4v) is 2.23. The minimum absolute atomic E-state index is 0.171. The van der Waals surface area contributed by atoms with E-state index in [1.54, 1.807) is 5.01 Å². The molecule has 0 aliphatic heterocycles. The Morgan fingerprint density at radius 2 is 1.17 bits per heavy atom. The van der Waals surface area contributed by atoms with Gasteiger partial charge in [0.2, 0.25) is 0 Å². The van der Waals surface area contributed by atoms with Crippen molar-refractivity contribution >= 4 is 17.6 Å². The van der Waals surface area contributed by atoms with Crippen LogP contribution in [0.25, 0.3) is 0 Å². The van der Waals surface area contributed by atoms with Gasteiger partial charge in [-0.25, -0.2) is 5.01 Å². The van der Waals surface area contributed by atoms with Gasteiger partial charge in [-0.15, -0.1) is 0 Å². The minimum atomic E-state index is -0.382. The van der Waals surface area contributed by atoms with Crippen LogP contribution in [0.15, 0.2) is 77.9 Å². The van der Waals surface area contributed by atoms with Crippen molar-refractivity contribution in [1.29, 1.82) is 0 Å². The van der Waals surface area contributed by atoms with E-state index in [-0.39, 0.29) is 17.2 Å². The molecule has 5 nitrogen and oxygen atoms in total. The van der Waals surface area contributed by atoms with Crippen LogP contribution in [0.3, 0.4) is 0 Å². The Bertz CT molecular complexity index is 810. The minimum Gasteiger partial charge on any atom is -0.507 e.